The van der Waals surface area contributed by atoms with Gasteiger partial charge in [0, 0.05) is 11.0 Å². The van der Waals surface area contributed by atoms with Crippen LogP contribution in [0.15, 0.2) is 71.3 Å². The maximum absolute atomic E-state index is 12.8. The molecule has 6 nitrogen and oxygen atoms in total. The number of rotatable bonds is 3. The second-order valence-corrected chi connectivity index (χ2v) is 6.77. The van der Waals surface area contributed by atoms with Gasteiger partial charge in [-0.05, 0) is 23.8 Å². The number of aromatic hydroxyl groups is 1. The fourth-order valence-corrected chi connectivity index (χ4v) is 3.48. The van der Waals surface area contributed by atoms with Crippen LogP contribution in [0.2, 0.25) is 0 Å². The minimum Gasteiger partial charge on any atom is -0.508 e. The van der Waals surface area contributed by atoms with Crippen molar-refractivity contribution in [3.05, 3.63) is 77.3 Å². The molecule has 2 aromatic rings. The highest BCUT2D eigenvalue weighted by Crippen LogP contribution is 2.31. The van der Waals surface area contributed by atoms with Gasteiger partial charge in [0.1, 0.15) is 11.4 Å². The summed E-state index contributed by atoms with van der Waals surface area (Å²) < 4.78 is 0. The first kappa shape index (κ1) is 16.4. The molecule has 1 amide bonds. The van der Waals surface area contributed by atoms with Crippen LogP contribution in [0.5, 0.6) is 5.75 Å². The maximum atomic E-state index is 12.8. The molecule has 0 spiro atoms. The van der Waals surface area contributed by atoms with E-state index in [1.807, 2.05) is 24.3 Å². The Morgan fingerprint density at radius 3 is 2.77 bits per heavy atom. The lowest BCUT2D eigenvalue weighted by molar-refractivity contribution is -0.116. The molecule has 1 atom stereocenters. The highest BCUT2D eigenvalue weighted by atomic mass is 32.2. The molecule has 0 aromatic heterocycles. The lowest BCUT2D eigenvalue weighted by atomic mass is 10.1. The minimum atomic E-state index is -0.481. The van der Waals surface area contributed by atoms with Gasteiger partial charge < -0.3 is 5.11 Å². The monoisotopic (exact) mass is 364 g/mol. The summed E-state index contributed by atoms with van der Waals surface area (Å²) >= 11 is 1.40. The van der Waals surface area contributed by atoms with Gasteiger partial charge >= 0.3 is 0 Å². The predicted octanol–water partition coefficient (Wildman–Crippen LogP) is 1.45. The van der Waals surface area contributed by atoms with E-state index in [1.54, 1.807) is 35.4 Å². The third-order valence-corrected chi connectivity index (χ3v) is 4.90. The van der Waals surface area contributed by atoms with E-state index in [9.17, 15) is 9.90 Å². The number of benzene rings is 2. The molecule has 0 aliphatic carbocycles. The number of fused-ring (bicyclic) bond motifs is 2. The Bertz CT molecular complexity index is 1030. The van der Waals surface area contributed by atoms with Crippen LogP contribution >= 0.6 is 11.8 Å². The van der Waals surface area contributed by atoms with E-state index in [0.29, 0.717) is 16.6 Å². The molecule has 2 aromatic carbocycles. The van der Waals surface area contributed by atoms with Crippen molar-refractivity contribution in [1.29, 1.82) is 0 Å². The maximum Gasteiger partial charge on any atom is 0.276 e. The summed E-state index contributed by atoms with van der Waals surface area (Å²) in [5.74, 6) is 0.605. The van der Waals surface area contributed by atoms with Crippen LogP contribution in [-0.2, 0) is 4.79 Å². The van der Waals surface area contributed by atoms with Gasteiger partial charge in [0.05, 0.1) is 5.36 Å². The van der Waals surface area contributed by atoms with Gasteiger partial charge in [0.15, 0.2) is 11.3 Å². The number of carbonyl (C=O) groups is 1. The van der Waals surface area contributed by atoms with Crippen molar-refractivity contribution in [2.24, 2.45) is 10.1 Å². The number of carbonyl (C=O) groups excluding carboxylic acids is 1. The topological polar surface area (TPSA) is 77.3 Å². The van der Waals surface area contributed by atoms with Crippen LogP contribution in [0, 0.1) is 0 Å². The van der Waals surface area contributed by atoms with Crippen molar-refractivity contribution in [3.8, 4) is 5.75 Å². The summed E-state index contributed by atoms with van der Waals surface area (Å²) in [5.41, 5.74) is 1.30. The fourth-order valence-electron chi connectivity index (χ4n) is 2.89. The predicted molar refractivity (Wildman–Crippen MR) is 102 cm³/mol. The summed E-state index contributed by atoms with van der Waals surface area (Å²) in [6, 6.07) is 14.3. The molecule has 2 aliphatic rings. The second kappa shape index (κ2) is 6.68. The highest BCUT2D eigenvalue weighted by molar-refractivity contribution is 8.14. The number of phenolic OH excluding ortho intramolecular Hbond substituents is 1. The van der Waals surface area contributed by atoms with Gasteiger partial charge in [-0.25, -0.2) is 5.01 Å². The van der Waals surface area contributed by atoms with Crippen LogP contribution in [-0.4, -0.2) is 26.9 Å². The van der Waals surface area contributed by atoms with E-state index in [4.69, 9.17) is 4.99 Å². The van der Waals surface area contributed by atoms with Crippen molar-refractivity contribution in [2.45, 2.75) is 6.17 Å². The SMILES string of the molecule is C=CCSC1=NN2C(=c3ccccc3=NC2c2ccc(O)cc2)C(=O)N1. The number of para-hydroxylation sites is 1. The first-order chi connectivity index (χ1) is 12.7. The molecule has 4 rings (SSSR count). The molecule has 2 heterocycles. The third kappa shape index (κ3) is 2.86. The molecule has 7 heteroatoms. The Kier molecular flexibility index (Phi) is 4.22. The first-order valence-corrected chi connectivity index (χ1v) is 9.05. The Morgan fingerprint density at radius 2 is 2.00 bits per heavy atom. The molecule has 0 saturated heterocycles. The van der Waals surface area contributed by atoms with Gasteiger partial charge in [-0.1, -0.05) is 48.2 Å². The van der Waals surface area contributed by atoms with E-state index < -0.39 is 6.17 Å². The van der Waals surface area contributed by atoms with Crippen molar-refractivity contribution in [3.63, 3.8) is 0 Å². The van der Waals surface area contributed by atoms with Gasteiger partial charge in [0.2, 0.25) is 0 Å². The lowest BCUT2D eigenvalue weighted by Crippen LogP contribution is -2.50. The summed E-state index contributed by atoms with van der Waals surface area (Å²) in [4.78, 5) is 17.6. The normalized spacial score (nSPS) is 18.2. The zero-order valence-corrected chi connectivity index (χ0v) is 14.6. The highest BCUT2D eigenvalue weighted by Gasteiger charge is 2.34. The second-order valence-electron chi connectivity index (χ2n) is 5.76. The molecule has 0 saturated carbocycles. The van der Waals surface area contributed by atoms with Gasteiger partial charge in [0.25, 0.3) is 5.91 Å². The van der Waals surface area contributed by atoms with E-state index in [0.717, 1.165) is 16.1 Å². The van der Waals surface area contributed by atoms with Crippen molar-refractivity contribution in [1.82, 2.24) is 10.3 Å². The Balaban J connectivity index is 1.90. The number of hydrazone groups is 1. The summed E-state index contributed by atoms with van der Waals surface area (Å²) in [6.07, 6.45) is 1.28. The molecule has 0 bridgehead atoms. The van der Waals surface area contributed by atoms with Crippen molar-refractivity contribution in [2.75, 3.05) is 5.75 Å². The minimum absolute atomic E-state index is 0.177. The van der Waals surface area contributed by atoms with E-state index in [-0.39, 0.29) is 11.7 Å². The molecule has 0 fully saturated rings. The zero-order chi connectivity index (χ0) is 18.1. The van der Waals surface area contributed by atoms with E-state index >= 15 is 0 Å². The summed E-state index contributed by atoms with van der Waals surface area (Å²) in [6.45, 7) is 3.70. The average molecular weight is 364 g/mol. The largest absolute Gasteiger partial charge is 0.508 e. The number of phenols is 1. The third-order valence-electron chi connectivity index (χ3n) is 4.04. The number of thioether (sulfide) groups is 1. The number of amides is 1. The Morgan fingerprint density at radius 1 is 1.23 bits per heavy atom. The van der Waals surface area contributed by atoms with Crippen LogP contribution < -0.4 is 15.9 Å². The molecule has 2 N–H and O–H groups in total. The number of hydrogen-bond acceptors (Lipinski definition) is 6. The van der Waals surface area contributed by atoms with Gasteiger partial charge in [-0.3, -0.25) is 15.1 Å². The zero-order valence-electron chi connectivity index (χ0n) is 13.8. The Labute approximate surface area is 154 Å². The van der Waals surface area contributed by atoms with Crippen molar-refractivity contribution >= 4 is 28.5 Å². The average Bonchev–Trinajstić information content (AvgIpc) is 2.66. The van der Waals surface area contributed by atoms with Crippen LogP contribution in [0.25, 0.3) is 5.70 Å². The van der Waals surface area contributed by atoms with E-state index in [2.05, 4.69) is 17.0 Å². The molecule has 2 aliphatic heterocycles. The van der Waals surface area contributed by atoms with E-state index in [1.165, 1.54) is 11.8 Å². The van der Waals surface area contributed by atoms with Crippen LogP contribution in [0.1, 0.15) is 11.7 Å². The number of hydrogen-bond donors (Lipinski definition) is 2. The lowest BCUT2D eigenvalue weighted by Gasteiger charge is -2.34. The van der Waals surface area contributed by atoms with Gasteiger partial charge in [-0.15, -0.1) is 11.7 Å². The molecule has 0 radical (unpaired) electrons. The molecular weight excluding hydrogens is 348 g/mol. The number of nitrogens with zero attached hydrogens (tertiary/aromatic N) is 3. The van der Waals surface area contributed by atoms with Crippen LogP contribution in [0.3, 0.4) is 0 Å². The molecule has 1 unspecified atom stereocenters. The Hall–Kier alpha value is -3.06. The quantitative estimate of drug-likeness (QED) is 0.809. The smallest absolute Gasteiger partial charge is 0.276 e. The number of nitrogens with one attached hydrogen (secondary N) is 1. The van der Waals surface area contributed by atoms with Crippen molar-refractivity contribution < 1.29 is 9.90 Å². The molecule has 26 heavy (non-hydrogen) atoms. The standard InChI is InChI=1S/C19H16N4O2S/c1-2-11-26-19-21-18(25)16-14-5-3-4-6-15(14)20-17(23(16)22-19)12-7-9-13(24)10-8-12/h2-10,17,24H,1,11H2,(H,21,22,25). The van der Waals surface area contributed by atoms with Crippen LogP contribution in [0.4, 0.5) is 0 Å². The first-order valence-electron chi connectivity index (χ1n) is 8.06. The number of amidine groups is 1. The summed E-state index contributed by atoms with van der Waals surface area (Å²) in [7, 11) is 0. The fraction of sp³-hybridized carbons (Fsp3) is 0.105. The summed E-state index contributed by atoms with van der Waals surface area (Å²) in [5, 5.41) is 20.7. The molecular formula is C19H16N4O2S. The van der Waals surface area contributed by atoms with Gasteiger partial charge in [-0.2, -0.15) is 0 Å². The molecule has 130 valence electrons.